The number of fused-ring (bicyclic) bond motifs is 1. The van der Waals surface area contributed by atoms with E-state index in [1.165, 1.54) is 20.3 Å². The van der Waals surface area contributed by atoms with E-state index < -0.39 is 0 Å². The van der Waals surface area contributed by atoms with Crippen molar-refractivity contribution in [3.05, 3.63) is 76.9 Å². The zero-order chi connectivity index (χ0) is 20.1. The molecule has 1 aliphatic carbocycles. The molecule has 3 rings (SSSR count). The molecule has 0 amide bonds. The number of carbonyl (C=O) groups is 2. The summed E-state index contributed by atoms with van der Waals surface area (Å²) in [5.74, 6) is 1.10. The van der Waals surface area contributed by atoms with Crippen LogP contribution >= 0.6 is 11.8 Å². The summed E-state index contributed by atoms with van der Waals surface area (Å²) in [5.41, 5.74) is 2.18. The number of hydrogen-bond acceptors (Lipinski definition) is 5. The van der Waals surface area contributed by atoms with Gasteiger partial charge >= 0.3 is 0 Å². The lowest BCUT2D eigenvalue weighted by Gasteiger charge is -2.22. The second-order valence-corrected chi connectivity index (χ2v) is 7.68. The van der Waals surface area contributed by atoms with Crippen LogP contribution in [0, 0.1) is 0 Å². The molecule has 4 nitrogen and oxygen atoms in total. The molecule has 1 aliphatic rings. The van der Waals surface area contributed by atoms with Crippen molar-refractivity contribution in [3.63, 3.8) is 0 Å². The van der Waals surface area contributed by atoms with Crippen LogP contribution < -0.4 is 9.47 Å². The zero-order valence-corrected chi connectivity index (χ0v) is 16.9. The number of methoxy groups -OCH3 is 2. The van der Waals surface area contributed by atoms with Gasteiger partial charge in [-0.1, -0.05) is 42.5 Å². The van der Waals surface area contributed by atoms with Gasteiger partial charge < -0.3 is 9.47 Å². The van der Waals surface area contributed by atoms with Gasteiger partial charge in [-0.25, -0.2) is 0 Å². The van der Waals surface area contributed by atoms with Gasteiger partial charge in [0.25, 0.3) is 0 Å². The Morgan fingerprint density at radius 3 is 2.25 bits per heavy atom. The van der Waals surface area contributed by atoms with Crippen molar-refractivity contribution in [1.29, 1.82) is 0 Å². The number of benzene rings is 2. The molecule has 28 heavy (non-hydrogen) atoms. The van der Waals surface area contributed by atoms with Gasteiger partial charge in [0.05, 0.1) is 25.3 Å². The van der Waals surface area contributed by atoms with Gasteiger partial charge in [-0.3, -0.25) is 9.59 Å². The summed E-state index contributed by atoms with van der Waals surface area (Å²) in [4.78, 5) is 25.8. The third kappa shape index (κ3) is 4.04. The molecule has 0 fully saturated rings. The molecule has 0 heterocycles. The maximum absolute atomic E-state index is 13.1. The molecule has 144 valence electrons. The third-order valence-electron chi connectivity index (χ3n) is 4.58. The second kappa shape index (κ2) is 8.93. The highest BCUT2D eigenvalue weighted by Crippen LogP contribution is 2.38. The van der Waals surface area contributed by atoms with Crippen LogP contribution in [0.3, 0.4) is 0 Å². The summed E-state index contributed by atoms with van der Waals surface area (Å²) >= 11 is 1.61. The molecule has 0 radical (unpaired) electrons. The van der Waals surface area contributed by atoms with Gasteiger partial charge in [-0.05, 0) is 30.7 Å². The topological polar surface area (TPSA) is 52.6 Å². The van der Waals surface area contributed by atoms with Crippen molar-refractivity contribution in [2.75, 3.05) is 20.0 Å². The Labute approximate surface area is 169 Å². The van der Waals surface area contributed by atoms with Crippen LogP contribution in [0.15, 0.2) is 60.2 Å². The van der Waals surface area contributed by atoms with E-state index in [2.05, 4.69) is 6.08 Å². The molecule has 0 N–H and O–H groups in total. The second-order valence-electron chi connectivity index (χ2n) is 6.30. The number of ether oxygens (including phenoxy) is 2. The molecular formula is C23H22O4S. The van der Waals surface area contributed by atoms with Crippen LogP contribution in [-0.2, 0) is 0 Å². The lowest BCUT2D eigenvalue weighted by Crippen LogP contribution is -2.23. The number of rotatable bonds is 7. The molecular weight excluding hydrogens is 372 g/mol. The molecule has 5 heteroatoms. The summed E-state index contributed by atoms with van der Waals surface area (Å²) in [7, 11) is 2.97. The number of carbonyl (C=O) groups excluding carboxylic acids is 2. The first kappa shape index (κ1) is 20.0. The Morgan fingerprint density at radius 2 is 1.61 bits per heavy atom. The highest BCUT2D eigenvalue weighted by Gasteiger charge is 2.33. The van der Waals surface area contributed by atoms with Gasteiger partial charge in [-0.2, -0.15) is 0 Å². The minimum Gasteiger partial charge on any atom is -0.496 e. The molecule has 0 aliphatic heterocycles. The summed E-state index contributed by atoms with van der Waals surface area (Å²) in [6.45, 7) is 1.94. The molecule has 1 atom stereocenters. The largest absolute Gasteiger partial charge is 0.496 e. The summed E-state index contributed by atoms with van der Waals surface area (Å²) < 4.78 is 10.6. The van der Waals surface area contributed by atoms with Crippen molar-refractivity contribution < 1.29 is 19.1 Å². The van der Waals surface area contributed by atoms with Crippen molar-refractivity contribution in [1.82, 2.24) is 0 Å². The van der Waals surface area contributed by atoms with Crippen LogP contribution in [-0.4, -0.2) is 36.8 Å². The lowest BCUT2D eigenvalue weighted by atomic mass is 9.87. The van der Waals surface area contributed by atoms with E-state index in [4.69, 9.17) is 9.47 Å². The fourth-order valence-corrected chi connectivity index (χ4v) is 3.99. The molecule has 0 bridgehead atoms. The lowest BCUT2D eigenvalue weighted by molar-refractivity contribution is 0.0977. The summed E-state index contributed by atoms with van der Waals surface area (Å²) in [5, 5.41) is -0.124. The Balaban J connectivity index is 1.78. The van der Waals surface area contributed by atoms with Crippen LogP contribution in [0.5, 0.6) is 11.5 Å². The van der Waals surface area contributed by atoms with Crippen LogP contribution in [0.25, 0.3) is 6.08 Å². The maximum Gasteiger partial charge on any atom is 0.194 e. The summed E-state index contributed by atoms with van der Waals surface area (Å²) in [6, 6.07) is 13.3. The quantitative estimate of drug-likeness (QED) is 0.672. The van der Waals surface area contributed by atoms with Gasteiger partial charge in [0.2, 0.25) is 0 Å². The standard InChI is InChI=1S/C23H22O4S/c1-15(28-13-7-10-16-8-5-4-6-9-16)17-14-18(24)21-19(26-2)11-12-20(27-3)22(21)23(17)25/h4-12,14-15H,13H2,1-3H3. The average molecular weight is 394 g/mol. The minimum atomic E-state index is -0.229. The van der Waals surface area contributed by atoms with Crippen molar-refractivity contribution in [2.24, 2.45) is 0 Å². The first-order valence-electron chi connectivity index (χ1n) is 8.95. The molecule has 1 unspecified atom stereocenters. The van der Waals surface area contributed by atoms with Crippen LogP contribution in [0.4, 0.5) is 0 Å². The van der Waals surface area contributed by atoms with Gasteiger partial charge in [0.15, 0.2) is 11.6 Å². The van der Waals surface area contributed by atoms with Crippen molar-refractivity contribution in [2.45, 2.75) is 12.2 Å². The van der Waals surface area contributed by atoms with E-state index in [0.717, 1.165) is 11.3 Å². The molecule has 0 spiro atoms. The fourth-order valence-electron chi connectivity index (χ4n) is 3.14. The number of Topliss-reactive ketones (excluding diaryl/α,β-unsaturated/α-hetero) is 1. The van der Waals surface area contributed by atoms with E-state index in [1.54, 1.807) is 23.9 Å². The van der Waals surface area contributed by atoms with Crippen LogP contribution in [0.1, 0.15) is 33.2 Å². The van der Waals surface area contributed by atoms with Gasteiger partial charge in [0, 0.05) is 16.6 Å². The maximum atomic E-state index is 13.1. The van der Waals surface area contributed by atoms with E-state index in [9.17, 15) is 9.59 Å². The van der Waals surface area contributed by atoms with E-state index in [0.29, 0.717) is 17.1 Å². The Morgan fingerprint density at radius 1 is 0.964 bits per heavy atom. The van der Waals surface area contributed by atoms with Crippen molar-refractivity contribution in [3.8, 4) is 11.5 Å². The molecule has 0 saturated heterocycles. The average Bonchev–Trinajstić information content (AvgIpc) is 2.73. The molecule has 2 aromatic rings. The summed E-state index contributed by atoms with van der Waals surface area (Å²) in [6.07, 6.45) is 5.54. The Hall–Kier alpha value is -2.79. The molecule has 0 saturated carbocycles. The minimum absolute atomic E-state index is 0.124. The van der Waals surface area contributed by atoms with Gasteiger partial charge in [-0.15, -0.1) is 11.8 Å². The first-order chi connectivity index (χ1) is 13.6. The smallest absolute Gasteiger partial charge is 0.194 e. The van der Waals surface area contributed by atoms with E-state index in [-0.39, 0.29) is 27.9 Å². The first-order valence-corrected chi connectivity index (χ1v) is 10.0. The van der Waals surface area contributed by atoms with Crippen LogP contribution in [0.2, 0.25) is 0 Å². The number of hydrogen-bond donors (Lipinski definition) is 0. The number of ketones is 2. The number of thioether (sulfide) groups is 1. The van der Waals surface area contributed by atoms with Gasteiger partial charge in [0.1, 0.15) is 11.5 Å². The molecule has 0 aromatic heterocycles. The van der Waals surface area contributed by atoms with E-state index in [1.807, 2.05) is 43.3 Å². The SMILES string of the molecule is COc1ccc(OC)c2c1C(=O)C=C(C(C)SCC=Cc1ccccc1)C2=O. The highest BCUT2D eigenvalue weighted by atomic mass is 32.2. The fraction of sp³-hybridized carbons (Fsp3) is 0.217. The van der Waals surface area contributed by atoms with E-state index >= 15 is 0 Å². The predicted octanol–water partition coefficient (Wildman–Crippen LogP) is 4.84. The Kier molecular flexibility index (Phi) is 6.37. The number of allylic oxidation sites excluding steroid dienone is 1. The highest BCUT2D eigenvalue weighted by molar-refractivity contribution is 8.00. The predicted molar refractivity (Wildman–Crippen MR) is 114 cm³/mol. The third-order valence-corrected chi connectivity index (χ3v) is 5.72. The normalized spacial score (nSPS) is 14.6. The van der Waals surface area contributed by atoms with Crippen molar-refractivity contribution >= 4 is 29.4 Å². The monoisotopic (exact) mass is 394 g/mol. The Bertz CT molecular complexity index is 945. The zero-order valence-electron chi connectivity index (χ0n) is 16.1. The molecule has 2 aromatic carbocycles.